The Balaban J connectivity index is 1.50. The van der Waals surface area contributed by atoms with Gasteiger partial charge in [-0.05, 0) is 24.3 Å². The van der Waals surface area contributed by atoms with Crippen molar-refractivity contribution in [1.82, 2.24) is 19.9 Å². The maximum absolute atomic E-state index is 13.4. The second-order valence-electron chi connectivity index (χ2n) is 7.61. The van der Waals surface area contributed by atoms with Crippen LogP contribution in [-0.2, 0) is 4.74 Å². The first kappa shape index (κ1) is 20.0. The van der Waals surface area contributed by atoms with Crippen molar-refractivity contribution < 1.29 is 9.53 Å². The smallest absolute Gasteiger partial charge is 0.257 e. The van der Waals surface area contributed by atoms with Gasteiger partial charge in [0.1, 0.15) is 0 Å². The predicted molar refractivity (Wildman–Crippen MR) is 120 cm³/mol. The summed E-state index contributed by atoms with van der Waals surface area (Å²) in [5.41, 5.74) is 2.34. The summed E-state index contributed by atoms with van der Waals surface area (Å²) in [6, 6.07) is 7.45. The summed E-state index contributed by atoms with van der Waals surface area (Å²) in [7, 11) is 0. The molecule has 0 spiro atoms. The third-order valence-corrected chi connectivity index (χ3v) is 6.00. The van der Waals surface area contributed by atoms with Gasteiger partial charge in [0.15, 0.2) is 0 Å². The molecule has 3 aromatic rings. The average molecular weight is 439 g/mol. The summed E-state index contributed by atoms with van der Waals surface area (Å²) >= 11 is 6.33. The second kappa shape index (κ2) is 8.64. The van der Waals surface area contributed by atoms with Crippen molar-refractivity contribution in [2.75, 3.05) is 62.3 Å². The maximum Gasteiger partial charge on any atom is 0.257 e. The van der Waals surface area contributed by atoms with Crippen molar-refractivity contribution in [2.24, 2.45) is 0 Å². The Labute approximate surface area is 185 Å². The molecule has 9 heteroatoms. The van der Waals surface area contributed by atoms with Crippen LogP contribution in [-0.4, -0.2) is 78.2 Å². The average Bonchev–Trinajstić information content (AvgIpc) is 2.84. The highest BCUT2D eigenvalue weighted by molar-refractivity contribution is 6.31. The highest BCUT2D eigenvalue weighted by atomic mass is 35.5. The van der Waals surface area contributed by atoms with E-state index in [0.29, 0.717) is 36.9 Å². The number of ether oxygens (including phenoxy) is 1. The summed E-state index contributed by atoms with van der Waals surface area (Å²) < 4.78 is 5.42. The molecule has 2 aliphatic heterocycles. The first-order valence-electron chi connectivity index (χ1n) is 10.4. The number of hydrogen-bond donors (Lipinski definition) is 0. The van der Waals surface area contributed by atoms with Gasteiger partial charge < -0.3 is 19.4 Å². The number of amides is 1. The summed E-state index contributed by atoms with van der Waals surface area (Å²) in [5, 5.41) is 1.53. The van der Waals surface area contributed by atoms with Crippen LogP contribution in [0.25, 0.3) is 10.9 Å². The number of pyridine rings is 1. The van der Waals surface area contributed by atoms with Crippen molar-refractivity contribution in [2.45, 2.75) is 0 Å². The van der Waals surface area contributed by atoms with Crippen LogP contribution in [0.1, 0.15) is 10.4 Å². The van der Waals surface area contributed by atoms with Crippen LogP contribution in [0.15, 0.2) is 42.9 Å². The monoisotopic (exact) mass is 438 g/mol. The first-order valence-corrected chi connectivity index (χ1v) is 10.8. The van der Waals surface area contributed by atoms with Crippen LogP contribution in [0.3, 0.4) is 0 Å². The minimum Gasteiger partial charge on any atom is -0.378 e. The summed E-state index contributed by atoms with van der Waals surface area (Å²) in [6.45, 7) is 5.31. The van der Waals surface area contributed by atoms with Gasteiger partial charge in [0.05, 0.1) is 30.0 Å². The van der Waals surface area contributed by atoms with Crippen molar-refractivity contribution in [3.8, 4) is 0 Å². The van der Waals surface area contributed by atoms with Gasteiger partial charge in [-0.1, -0.05) is 11.6 Å². The zero-order valence-electron chi connectivity index (χ0n) is 17.1. The number of fused-ring (bicyclic) bond motifs is 1. The predicted octanol–water partition coefficient (Wildman–Crippen LogP) is 2.48. The third kappa shape index (κ3) is 4.00. The Morgan fingerprint density at radius 3 is 2.39 bits per heavy atom. The Morgan fingerprint density at radius 1 is 0.935 bits per heavy atom. The first-order chi connectivity index (χ1) is 15.2. The fourth-order valence-corrected chi connectivity index (χ4v) is 4.34. The van der Waals surface area contributed by atoms with Crippen LogP contribution in [0.5, 0.6) is 0 Å². The van der Waals surface area contributed by atoms with E-state index in [1.807, 2.05) is 29.2 Å². The van der Waals surface area contributed by atoms with Gasteiger partial charge in [-0.25, -0.2) is 9.97 Å². The fourth-order valence-electron chi connectivity index (χ4n) is 4.17. The standard InChI is InChI=1S/C22H23ClN6O2/c23-16-2-3-19-17(14-16)20(18(15-26-19)21(30)28-10-12-31-13-11-28)27-6-8-29(9-7-27)22-24-4-1-5-25-22/h1-5,14-15H,6-13H2. The molecule has 0 atom stereocenters. The Hall–Kier alpha value is -2.97. The molecule has 5 rings (SSSR count). The van der Waals surface area contributed by atoms with E-state index in [1.165, 1.54) is 0 Å². The van der Waals surface area contributed by atoms with Crippen molar-refractivity contribution in [3.63, 3.8) is 0 Å². The van der Waals surface area contributed by atoms with E-state index in [2.05, 4.69) is 24.8 Å². The number of piperazine rings is 1. The lowest BCUT2D eigenvalue weighted by atomic mass is 10.1. The topological polar surface area (TPSA) is 74.7 Å². The molecule has 2 fully saturated rings. The molecule has 2 aliphatic rings. The second-order valence-corrected chi connectivity index (χ2v) is 8.05. The van der Waals surface area contributed by atoms with E-state index in [4.69, 9.17) is 16.3 Å². The zero-order chi connectivity index (χ0) is 21.2. The van der Waals surface area contributed by atoms with Gasteiger partial charge >= 0.3 is 0 Å². The fraction of sp³-hybridized carbons (Fsp3) is 0.364. The van der Waals surface area contributed by atoms with Gasteiger partial charge in [0.2, 0.25) is 5.95 Å². The van der Waals surface area contributed by atoms with Gasteiger partial charge in [0.25, 0.3) is 5.91 Å². The number of morpholine rings is 1. The number of aromatic nitrogens is 3. The number of hydrogen-bond acceptors (Lipinski definition) is 7. The zero-order valence-corrected chi connectivity index (χ0v) is 17.8. The van der Waals surface area contributed by atoms with Crippen LogP contribution in [0.4, 0.5) is 11.6 Å². The molecular formula is C22H23ClN6O2. The van der Waals surface area contributed by atoms with E-state index in [9.17, 15) is 4.79 Å². The van der Waals surface area contributed by atoms with Crippen LogP contribution in [0, 0.1) is 0 Å². The molecule has 2 aromatic heterocycles. The number of anilines is 2. The number of nitrogens with zero attached hydrogens (tertiary/aromatic N) is 6. The summed E-state index contributed by atoms with van der Waals surface area (Å²) in [4.78, 5) is 33.0. The molecule has 2 saturated heterocycles. The molecule has 8 nitrogen and oxygen atoms in total. The molecule has 4 heterocycles. The van der Waals surface area contributed by atoms with Crippen LogP contribution >= 0.6 is 11.6 Å². The highest BCUT2D eigenvalue weighted by Crippen LogP contribution is 2.33. The lowest BCUT2D eigenvalue weighted by molar-refractivity contribution is 0.0303. The summed E-state index contributed by atoms with van der Waals surface area (Å²) in [5.74, 6) is 0.718. The lowest BCUT2D eigenvalue weighted by Gasteiger charge is -2.38. The van der Waals surface area contributed by atoms with E-state index < -0.39 is 0 Å². The lowest BCUT2D eigenvalue weighted by Crippen LogP contribution is -2.48. The number of rotatable bonds is 3. The van der Waals surface area contributed by atoms with Gasteiger partial charge in [-0.15, -0.1) is 0 Å². The number of benzene rings is 1. The van der Waals surface area contributed by atoms with E-state index >= 15 is 0 Å². The normalized spacial score (nSPS) is 17.3. The largest absolute Gasteiger partial charge is 0.378 e. The van der Waals surface area contributed by atoms with Gasteiger partial charge in [0, 0.05) is 68.3 Å². The molecule has 0 radical (unpaired) electrons. The molecular weight excluding hydrogens is 416 g/mol. The van der Waals surface area contributed by atoms with Crippen LogP contribution in [0.2, 0.25) is 5.02 Å². The molecule has 0 unspecified atom stereocenters. The maximum atomic E-state index is 13.4. The van der Waals surface area contributed by atoms with E-state index in [-0.39, 0.29) is 5.91 Å². The van der Waals surface area contributed by atoms with Gasteiger partial charge in [-0.3, -0.25) is 9.78 Å². The Morgan fingerprint density at radius 2 is 1.65 bits per heavy atom. The highest BCUT2D eigenvalue weighted by Gasteiger charge is 2.28. The Bertz CT molecular complexity index is 1080. The van der Waals surface area contributed by atoms with E-state index in [1.54, 1.807) is 18.6 Å². The summed E-state index contributed by atoms with van der Waals surface area (Å²) in [6.07, 6.45) is 5.22. The van der Waals surface area contributed by atoms with Gasteiger partial charge in [-0.2, -0.15) is 0 Å². The van der Waals surface area contributed by atoms with Crippen molar-refractivity contribution >= 4 is 40.0 Å². The molecule has 1 amide bonds. The molecule has 1 aromatic carbocycles. The number of halogens is 1. The van der Waals surface area contributed by atoms with Crippen molar-refractivity contribution in [3.05, 3.63) is 53.4 Å². The third-order valence-electron chi connectivity index (χ3n) is 5.76. The molecule has 0 bridgehead atoms. The van der Waals surface area contributed by atoms with Crippen molar-refractivity contribution in [1.29, 1.82) is 0 Å². The minimum absolute atomic E-state index is 0.0125. The quantitative estimate of drug-likeness (QED) is 0.621. The molecule has 0 aliphatic carbocycles. The van der Waals surface area contributed by atoms with E-state index in [0.717, 1.165) is 48.7 Å². The number of carbonyl (C=O) groups excluding carboxylic acids is 1. The molecule has 0 N–H and O–H groups in total. The molecule has 31 heavy (non-hydrogen) atoms. The Kier molecular flexibility index (Phi) is 5.57. The molecule has 160 valence electrons. The minimum atomic E-state index is -0.0125. The molecule has 0 saturated carbocycles. The number of carbonyl (C=O) groups is 1. The van der Waals surface area contributed by atoms with Crippen LogP contribution < -0.4 is 9.80 Å². The SMILES string of the molecule is O=C(c1cnc2ccc(Cl)cc2c1N1CCN(c2ncccn2)CC1)N1CCOCC1.